The molecule has 0 fully saturated rings. The van der Waals surface area contributed by atoms with Crippen LogP contribution >= 0.6 is 11.6 Å². The Bertz CT molecular complexity index is 376. The SMILES string of the molecule is C=CC(N)c1cc(Cl)ccc1C(=O)O. The van der Waals surface area contributed by atoms with Gasteiger partial charge in [-0.15, -0.1) is 6.58 Å². The molecule has 1 unspecified atom stereocenters. The maximum absolute atomic E-state index is 10.8. The van der Waals surface area contributed by atoms with Crippen LogP contribution in [0.4, 0.5) is 0 Å². The van der Waals surface area contributed by atoms with Gasteiger partial charge in [0, 0.05) is 11.1 Å². The molecule has 0 bridgehead atoms. The second kappa shape index (κ2) is 4.26. The van der Waals surface area contributed by atoms with E-state index in [0.717, 1.165) is 0 Å². The first kappa shape index (κ1) is 10.8. The Balaban J connectivity index is 3.29. The van der Waals surface area contributed by atoms with E-state index in [1.165, 1.54) is 24.3 Å². The molecule has 1 atom stereocenters. The Labute approximate surface area is 86.8 Å². The Morgan fingerprint density at radius 2 is 2.29 bits per heavy atom. The zero-order valence-corrected chi connectivity index (χ0v) is 8.16. The van der Waals surface area contributed by atoms with Gasteiger partial charge in [0.05, 0.1) is 5.56 Å². The maximum Gasteiger partial charge on any atom is 0.336 e. The molecule has 14 heavy (non-hydrogen) atoms. The van der Waals surface area contributed by atoms with Crippen LogP contribution in [0, 0.1) is 0 Å². The highest BCUT2D eigenvalue weighted by Crippen LogP contribution is 2.21. The van der Waals surface area contributed by atoms with Crippen molar-refractivity contribution in [3.8, 4) is 0 Å². The van der Waals surface area contributed by atoms with Crippen LogP contribution in [-0.2, 0) is 0 Å². The lowest BCUT2D eigenvalue weighted by atomic mass is 10.0. The third kappa shape index (κ3) is 2.13. The molecule has 0 aliphatic rings. The van der Waals surface area contributed by atoms with Crippen LogP contribution in [0.1, 0.15) is 22.0 Å². The lowest BCUT2D eigenvalue weighted by Gasteiger charge is -2.10. The quantitative estimate of drug-likeness (QED) is 0.754. The zero-order valence-electron chi connectivity index (χ0n) is 7.40. The highest BCUT2D eigenvalue weighted by atomic mass is 35.5. The van der Waals surface area contributed by atoms with Crippen LogP contribution < -0.4 is 5.73 Å². The summed E-state index contributed by atoms with van der Waals surface area (Å²) >= 11 is 5.74. The van der Waals surface area contributed by atoms with E-state index in [4.69, 9.17) is 22.4 Å². The Kier molecular flexibility index (Phi) is 3.28. The molecular weight excluding hydrogens is 202 g/mol. The molecule has 0 heterocycles. The van der Waals surface area contributed by atoms with Gasteiger partial charge in [0.2, 0.25) is 0 Å². The molecule has 0 amide bonds. The number of nitrogens with two attached hydrogens (primary N) is 1. The lowest BCUT2D eigenvalue weighted by molar-refractivity contribution is 0.0695. The van der Waals surface area contributed by atoms with Crippen molar-refractivity contribution in [1.29, 1.82) is 0 Å². The number of benzene rings is 1. The van der Waals surface area contributed by atoms with E-state index < -0.39 is 12.0 Å². The average Bonchev–Trinajstić information content (AvgIpc) is 2.16. The lowest BCUT2D eigenvalue weighted by Crippen LogP contribution is -2.12. The predicted octanol–water partition coefficient (Wildman–Crippen LogP) is 2.22. The van der Waals surface area contributed by atoms with Crippen molar-refractivity contribution in [3.05, 3.63) is 47.0 Å². The van der Waals surface area contributed by atoms with Crippen molar-refractivity contribution in [2.45, 2.75) is 6.04 Å². The van der Waals surface area contributed by atoms with Crippen molar-refractivity contribution in [2.75, 3.05) is 0 Å². The van der Waals surface area contributed by atoms with Crippen LogP contribution in [0.2, 0.25) is 5.02 Å². The van der Waals surface area contributed by atoms with E-state index in [1.807, 2.05) is 0 Å². The number of aromatic carboxylic acids is 1. The molecule has 1 aromatic carbocycles. The summed E-state index contributed by atoms with van der Waals surface area (Å²) in [5, 5.41) is 9.33. The molecule has 0 aliphatic heterocycles. The Morgan fingerprint density at radius 1 is 1.64 bits per heavy atom. The molecule has 0 saturated carbocycles. The second-order valence-electron chi connectivity index (χ2n) is 2.80. The summed E-state index contributed by atoms with van der Waals surface area (Å²) in [6.07, 6.45) is 1.47. The third-order valence-electron chi connectivity index (χ3n) is 1.86. The number of carbonyl (C=O) groups is 1. The Hall–Kier alpha value is -1.32. The minimum absolute atomic E-state index is 0.154. The monoisotopic (exact) mass is 211 g/mol. The van der Waals surface area contributed by atoms with Crippen LogP contribution in [0.5, 0.6) is 0 Å². The number of halogens is 1. The van der Waals surface area contributed by atoms with Gasteiger partial charge in [-0.2, -0.15) is 0 Å². The third-order valence-corrected chi connectivity index (χ3v) is 2.09. The molecule has 0 aromatic heterocycles. The van der Waals surface area contributed by atoms with E-state index in [1.54, 1.807) is 0 Å². The van der Waals surface area contributed by atoms with E-state index in [0.29, 0.717) is 10.6 Å². The molecule has 0 radical (unpaired) electrons. The van der Waals surface area contributed by atoms with Gasteiger partial charge in [0.15, 0.2) is 0 Å². The van der Waals surface area contributed by atoms with Gasteiger partial charge >= 0.3 is 5.97 Å². The topological polar surface area (TPSA) is 63.3 Å². The van der Waals surface area contributed by atoms with Gasteiger partial charge in [-0.05, 0) is 23.8 Å². The number of hydrogen-bond donors (Lipinski definition) is 2. The predicted molar refractivity (Wildman–Crippen MR) is 55.5 cm³/mol. The summed E-state index contributed by atoms with van der Waals surface area (Å²) < 4.78 is 0. The fourth-order valence-corrected chi connectivity index (χ4v) is 1.31. The van der Waals surface area contributed by atoms with Gasteiger partial charge in [0.1, 0.15) is 0 Å². The molecule has 3 N–H and O–H groups in total. The fraction of sp³-hybridized carbons (Fsp3) is 0.100. The van der Waals surface area contributed by atoms with Gasteiger partial charge in [0.25, 0.3) is 0 Å². The fourth-order valence-electron chi connectivity index (χ4n) is 1.13. The van der Waals surface area contributed by atoms with Crippen molar-refractivity contribution in [1.82, 2.24) is 0 Å². The van der Waals surface area contributed by atoms with Gasteiger partial charge in [-0.1, -0.05) is 17.7 Å². The highest BCUT2D eigenvalue weighted by Gasteiger charge is 2.13. The molecule has 3 nitrogen and oxygen atoms in total. The number of hydrogen-bond acceptors (Lipinski definition) is 2. The number of rotatable bonds is 3. The summed E-state index contributed by atoms with van der Waals surface area (Å²) in [5.74, 6) is -1.02. The molecule has 0 aliphatic carbocycles. The summed E-state index contributed by atoms with van der Waals surface area (Å²) in [7, 11) is 0. The highest BCUT2D eigenvalue weighted by molar-refractivity contribution is 6.30. The summed E-state index contributed by atoms with van der Waals surface area (Å²) in [4.78, 5) is 10.8. The smallest absolute Gasteiger partial charge is 0.336 e. The van der Waals surface area contributed by atoms with E-state index in [-0.39, 0.29) is 5.56 Å². The van der Waals surface area contributed by atoms with E-state index in [9.17, 15) is 4.79 Å². The molecule has 1 aromatic rings. The van der Waals surface area contributed by atoms with E-state index >= 15 is 0 Å². The van der Waals surface area contributed by atoms with Crippen molar-refractivity contribution >= 4 is 17.6 Å². The summed E-state index contributed by atoms with van der Waals surface area (Å²) in [6, 6.07) is 3.98. The molecule has 0 spiro atoms. The van der Waals surface area contributed by atoms with Crippen LogP contribution in [0.25, 0.3) is 0 Å². The molecular formula is C10H10ClNO2. The van der Waals surface area contributed by atoms with Crippen molar-refractivity contribution < 1.29 is 9.90 Å². The van der Waals surface area contributed by atoms with Gasteiger partial charge in [-0.25, -0.2) is 4.79 Å². The van der Waals surface area contributed by atoms with Crippen LogP contribution in [-0.4, -0.2) is 11.1 Å². The zero-order chi connectivity index (χ0) is 10.7. The van der Waals surface area contributed by atoms with Gasteiger partial charge in [-0.3, -0.25) is 0 Å². The van der Waals surface area contributed by atoms with E-state index in [2.05, 4.69) is 6.58 Å². The first-order valence-corrected chi connectivity index (χ1v) is 4.35. The number of carboxylic acids is 1. The molecule has 1 rings (SSSR count). The first-order valence-electron chi connectivity index (χ1n) is 3.97. The van der Waals surface area contributed by atoms with Crippen LogP contribution in [0.3, 0.4) is 0 Å². The normalized spacial score (nSPS) is 12.1. The van der Waals surface area contributed by atoms with Crippen LogP contribution in [0.15, 0.2) is 30.9 Å². The molecule has 74 valence electrons. The van der Waals surface area contributed by atoms with Crippen molar-refractivity contribution in [3.63, 3.8) is 0 Å². The standard InChI is InChI=1S/C10H10ClNO2/c1-2-9(12)8-5-6(11)3-4-7(8)10(13)14/h2-5,9H,1,12H2,(H,13,14). The summed E-state index contributed by atoms with van der Waals surface area (Å²) in [6.45, 7) is 3.51. The minimum atomic E-state index is -1.02. The van der Waals surface area contributed by atoms with Gasteiger partial charge < -0.3 is 10.8 Å². The largest absolute Gasteiger partial charge is 0.478 e. The molecule has 0 saturated heterocycles. The second-order valence-corrected chi connectivity index (χ2v) is 3.23. The first-order chi connectivity index (χ1) is 6.56. The van der Waals surface area contributed by atoms with Crippen molar-refractivity contribution in [2.24, 2.45) is 5.73 Å². The number of carboxylic acid groups (broad SMARTS) is 1. The molecule has 4 heteroatoms. The maximum atomic E-state index is 10.8. The minimum Gasteiger partial charge on any atom is -0.478 e. The Morgan fingerprint density at radius 3 is 2.79 bits per heavy atom. The average molecular weight is 212 g/mol. The summed E-state index contributed by atoms with van der Waals surface area (Å²) in [5.41, 5.74) is 6.29.